The van der Waals surface area contributed by atoms with Gasteiger partial charge in [-0.1, -0.05) is 11.2 Å². The van der Waals surface area contributed by atoms with Crippen LogP contribution in [0.25, 0.3) is 66.3 Å². The van der Waals surface area contributed by atoms with E-state index < -0.39 is 33.8 Å². The molecule has 3 aromatic carbocycles. The summed E-state index contributed by atoms with van der Waals surface area (Å²) in [6.45, 7) is -0.0793. The second-order valence-corrected chi connectivity index (χ2v) is 13.1. The van der Waals surface area contributed by atoms with Crippen molar-refractivity contribution in [3.63, 3.8) is 0 Å². The monoisotopic (exact) mass is 669 g/mol. The third kappa shape index (κ3) is 4.96. The summed E-state index contributed by atoms with van der Waals surface area (Å²) < 4.78 is 69.6. The Labute approximate surface area is 271 Å². The van der Waals surface area contributed by atoms with E-state index in [1.54, 1.807) is 41.0 Å². The van der Waals surface area contributed by atoms with Crippen LogP contribution in [-0.4, -0.2) is 50.8 Å². The molecule has 12 nitrogen and oxygen atoms in total. The number of rotatable bonds is 7. The van der Waals surface area contributed by atoms with Gasteiger partial charge >= 0.3 is 0 Å². The highest BCUT2D eigenvalue weighted by molar-refractivity contribution is 7.92. The molecular weight excluding hydrogens is 644 g/mol. The minimum atomic E-state index is -3.81. The van der Waals surface area contributed by atoms with E-state index in [4.69, 9.17) is 19.7 Å². The molecular formula is C33H25F2N7O5S. The molecule has 0 saturated carbocycles. The third-order valence-corrected chi connectivity index (χ3v) is 9.45. The van der Waals surface area contributed by atoms with Crippen molar-refractivity contribution in [2.24, 2.45) is 5.11 Å². The Morgan fingerprint density at radius 2 is 1.88 bits per heavy atom. The summed E-state index contributed by atoms with van der Waals surface area (Å²) in [4.78, 5) is 21.0. The molecule has 4 heterocycles. The number of nitrogens with zero attached hydrogens (tertiary/aromatic N) is 6. The fourth-order valence-electron chi connectivity index (χ4n) is 5.94. The molecule has 3 aromatic heterocycles. The van der Waals surface area contributed by atoms with E-state index >= 15 is 0 Å². The van der Waals surface area contributed by atoms with Gasteiger partial charge in [0.15, 0.2) is 6.23 Å². The summed E-state index contributed by atoms with van der Waals surface area (Å²) >= 11 is 0. The molecule has 1 N–H and O–H groups in total. The standard InChI is InChI=1S/C33H25F2N7O5S/c1-37-33(43)30-21-13-20(25(41(2)48(3,44)45)15-28(21)47-32(30)17-7-9-18(34)10-8-17)23-11-12-27-31(39-23)26-14-19-22(35)5-4-6-24(19)42(26)29(46-27)16-38-40-36/h4-15,29H,16H2,1-3H3,(H,37,43). The van der Waals surface area contributed by atoms with E-state index in [-0.39, 0.29) is 29.1 Å². The predicted octanol–water partition coefficient (Wildman–Crippen LogP) is 7.02. The fourth-order valence-corrected chi connectivity index (χ4v) is 6.45. The summed E-state index contributed by atoms with van der Waals surface area (Å²) in [6, 6.07) is 18.1. The SMILES string of the molecule is CNC(=O)c1c(-c2ccc(F)cc2)oc2cc(N(C)S(C)(=O)=O)c(-c3ccc4c(n3)-c3cc5c(F)cccc5n3C(CN=[N+]=[N-])O4)cc12. The number of aromatic nitrogens is 2. The molecule has 1 aliphatic rings. The number of furan rings is 1. The van der Waals surface area contributed by atoms with Crippen LogP contribution in [0.1, 0.15) is 16.6 Å². The Bertz CT molecular complexity index is 2450. The normalized spacial score (nSPS) is 13.8. The van der Waals surface area contributed by atoms with Crippen molar-refractivity contribution in [1.82, 2.24) is 14.9 Å². The molecule has 0 aliphatic carbocycles. The molecule has 48 heavy (non-hydrogen) atoms. The molecule has 0 fully saturated rings. The lowest BCUT2D eigenvalue weighted by Crippen LogP contribution is -2.25. The smallest absolute Gasteiger partial charge is 0.255 e. The maximum absolute atomic E-state index is 15.0. The minimum absolute atomic E-state index is 0.0793. The Morgan fingerprint density at radius 1 is 1.10 bits per heavy atom. The first-order valence-corrected chi connectivity index (χ1v) is 16.4. The molecule has 15 heteroatoms. The van der Waals surface area contributed by atoms with Crippen molar-refractivity contribution in [3.8, 4) is 39.7 Å². The quantitative estimate of drug-likeness (QED) is 0.109. The van der Waals surface area contributed by atoms with Crippen LogP contribution in [0.15, 0.2) is 82.3 Å². The van der Waals surface area contributed by atoms with Gasteiger partial charge in [0, 0.05) is 47.0 Å². The number of fused-ring (bicyclic) bond motifs is 6. The van der Waals surface area contributed by atoms with Crippen LogP contribution in [0.3, 0.4) is 0 Å². The number of hydrogen-bond acceptors (Lipinski definition) is 7. The third-order valence-electron chi connectivity index (χ3n) is 8.26. The number of sulfonamides is 1. The zero-order valence-corrected chi connectivity index (χ0v) is 26.4. The maximum atomic E-state index is 15.0. The molecule has 0 spiro atoms. The zero-order valence-electron chi connectivity index (χ0n) is 25.6. The van der Waals surface area contributed by atoms with Gasteiger partial charge in [0.05, 0.1) is 41.0 Å². The van der Waals surface area contributed by atoms with Crippen LogP contribution in [-0.2, 0) is 10.0 Å². The van der Waals surface area contributed by atoms with Crippen LogP contribution in [0.5, 0.6) is 5.75 Å². The number of benzene rings is 3. The number of pyridine rings is 1. The number of ether oxygens (including phenoxy) is 1. The van der Waals surface area contributed by atoms with E-state index in [0.717, 1.165) is 10.6 Å². The van der Waals surface area contributed by atoms with Gasteiger partial charge in [0.25, 0.3) is 5.91 Å². The number of nitrogens with one attached hydrogen (secondary N) is 1. The van der Waals surface area contributed by atoms with Gasteiger partial charge in [-0.3, -0.25) is 9.10 Å². The highest BCUT2D eigenvalue weighted by atomic mass is 32.2. The molecule has 242 valence electrons. The van der Waals surface area contributed by atoms with Crippen molar-refractivity contribution < 1.29 is 31.1 Å². The van der Waals surface area contributed by atoms with Crippen LogP contribution >= 0.6 is 0 Å². The predicted molar refractivity (Wildman–Crippen MR) is 176 cm³/mol. The van der Waals surface area contributed by atoms with Crippen molar-refractivity contribution in [2.75, 3.05) is 31.2 Å². The average Bonchev–Trinajstić information content (AvgIpc) is 3.66. The number of halogens is 2. The summed E-state index contributed by atoms with van der Waals surface area (Å²) in [7, 11) is -0.964. The maximum Gasteiger partial charge on any atom is 0.255 e. The summed E-state index contributed by atoms with van der Waals surface area (Å²) in [5.41, 5.74) is 12.0. The molecule has 1 amide bonds. The largest absolute Gasteiger partial charge is 0.468 e. The number of amides is 1. The van der Waals surface area contributed by atoms with Gasteiger partial charge in [-0.25, -0.2) is 22.2 Å². The Hall–Kier alpha value is -5.92. The average molecular weight is 670 g/mol. The van der Waals surface area contributed by atoms with Gasteiger partial charge in [-0.2, -0.15) is 0 Å². The number of carbonyl (C=O) groups excluding carboxylic acids is 1. The van der Waals surface area contributed by atoms with Crippen molar-refractivity contribution in [3.05, 3.63) is 100 Å². The lowest BCUT2D eigenvalue weighted by atomic mass is 10.0. The zero-order chi connectivity index (χ0) is 33.9. The van der Waals surface area contributed by atoms with Crippen LogP contribution in [0.2, 0.25) is 0 Å². The highest BCUT2D eigenvalue weighted by Gasteiger charge is 2.31. The highest BCUT2D eigenvalue weighted by Crippen LogP contribution is 2.45. The molecule has 6 aromatic rings. The Morgan fingerprint density at radius 3 is 2.58 bits per heavy atom. The Balaban J connectivity index is 1.49. The van der Waals surface area contributed by atoms with Crippen LogP contribution < -0.4 is 14.4 Å². The first-order valence-electron chi connectivity index (χ1n) is 14.5. The summed E-state index contributed by atoms with van der Waals surface area (Å²) in [5.74, 6) is -0.911. The molecule has 7 rings (SSSR count). The molecule has 0 saturated heterocycles. The minimum Gasteiger partial charge on any atom is -0.468 e. The first kappa shape index (κ1) is 30.7. The molecule has 1 aliphatic heterocycles. The van der Waals surface area contributed by atoms with E-state index in [1.807, 2.05) is 0 Å². The number of carbonyl (C=O) groups is 1. The lowest BCUT2D eigenvalue weighted by molar-refractivity contribution is 0.0964. The Kier molecular flexibility index (Phi) is 7.30. The lowest BCUT2D eigenvalue weighted by Gasteiger charge is -2.29. The summed E-state index contributed by atoms with van der Waals surface area (Å²) in [6.07, 6.45) is 0.262. The fraction of sp³-hybridized carbons (Fsp3) is 0.152. The molecule has 0 radical (unpaired) electrons. The number of anilines is 1. The van der Waals surface area contributed by atoms with E-state index in [9.17, 15) is 22.0 Å². The second-order valence-electron chi connectivity index (χ2n) is 11.1. The van der Waals surface area contributed by atoms with E-state index in [1.165, 1.54) is 50.5 Å². The number of azide groups is 1. The summed E-state index contributed by atoms with van der Waals surface area (Å²) in [5, 5.41) is 6.96. The number of hydrogen-bond donors (Lipinski definition) is 1. The molecule has 1 atom stereocenters. The van der Waals surface area contributed by atoms with E-state index in [2.05, 4.69) is 15.3 Å². The van der Waals surface area contributed by atoms with Gasteiger partial charge in [0.2, 0.25) is 10.0 Å². The van der Waals surface area contributed by atoms with Crippen LogP contribution in [0.4, 0.5) is 14.5 Å². The van der Waals surface area contributed by atoms with Gasteiger partial charge < -0.3 is 19.0 Å². The van der Waals surface area contributed by atoms with Gasteiger partial charge in [0.1, 0.15) is 34.4 Å². The first-order chi connectivity index (χ1) is 23.0. The van der Waals surface area contributed by atoms with Crippen molar-refractivity contribution in [1.29, 1.82) is 0 Å². The van der Waals surface area contributed by atoms with Crippen LogP contribution in [0, 0.1) is 11.6 Å². The molecule has 0 bridgehead atoms. The van der Waals surface area contributed by atoms with Gasteiger partial charge in [-0.05, 0) is 66.2 Å². The van der Waals surface area contributed by atoms with Crippen molar-refractivity contribution in [2.45, 2.75) is 6.23 Å². The topological polar surface area (TPSA) is 155 Å². The second kappa shape index (κ2) is 11.4. The van der Waals surface area contributed by atoms with E-state index in [0.29, 0.717) is 50.2 Å². The molecule has 1 unspecified atom stereocenters. The van der Waals surface area contributed by atoms with Crippen molar-refractivity contribution >= 4 is 43.5 Å². The van der Waals surface area contributed by atoms with Gasteiger partial charge in [-0.15, -0.1) is 0 Å².